The second-order valence-electron chi connectivity index (χ2n) is 5.29. The summed E-state index contributed by atoms with van der Waals surface area (Å²) in [6.45, 7) is 2.02. The van der Waals surface area contributed by atoms with Crippen LogP contribution in [0.3, 0.4) is 0 Å². The van der Waals surface area contributed by atoms with Crippen LogP contribution in [0.25, 0.3) is 11.2 Å². The minimum atomic E-state index is -0.634. The van der Waals surface area contributed by atoms with Gasteiger partial charge in [0.2, 0.25) is 0 Å². The summed E-state index contributed by atoms with van der Waals surface area (Å²) in [7, 11) is 1.87. The summed E-state index contributed by atoms with van der Waals surface area (Å²) in [4.78, 5) is 9.12. The van der Waals surface area contributed by atoms with E-state index in [1.54, 1.807) is 6.20 Å². The zero-order chi connectivity index (χ0) is 16.4. The van der Waals surface area contributed by atoms with Crippen molar-refractivity contribution >= 4 is 34.1 Å². The van der Waals surface area contributed by atoms with Crippen molar-refractivity contribution in [1.82, 2.24) is 14.5 Å². The molecule has 0 aliphatic heterocycles. The van der Waals surface area contributed by atoms with E-state index in [1.807, 2.05) is 54.9 Å². The number of nitriles is 1. The second kappa shape index (κ2) is 6.15. The molecule has 23 heavy (non-hydrogen) atoms. The van der Waals surface area contributed by atoms with Gasteiger partial charge in [0.1, 0.15) is 10.8 Å². The summed E-state index contributed by atoms with van der Waals surface area (Å²) in [6, 6.07) is 13.9. The molecule has 0 amide bonds. The van der Waals surface area contributed by atoms with Crippen molar-refractivity contribution in [3.8, 4) is 6.07 Å². The lowest BCUT2D eigenvalue weighted by Crippen LogP contribution is -2.20. The Morgan fingerprint density at radius 1 is 1.30 bits per heavy atom. The van der Waals surface area contributed by atoms with Crippen molar-refractivity contribution in [2.24, 2.45) is 7.05 Å². The minimum Gasteiger partial charge on any atom is -0.349 e. The molecule has 1 unspecified atom stereocenters. The monoisotopic (exact) mass is 321 g/mol. The molecule has 0 aliphatic carbocycles. The highest BCUT2D eigenvalue weighted by molar-refractivity contribution is 7.80. The Hall–Kier alpha value is -2.78. The Balaban J connectivity index is 1.92. The average molecular weight is 321 g/mol. The Bertz CT molecular complexity index is 905. The van der Waals surface area contributed by atoms with Gasteiger partial charge in [-0.3, -0.25) is 0 Å². The van der Waals surface area contributed by atoms with Crippen LogP contribution < -0.4 is 5.32 Å². The van der Waals surface area contributed by atoms with Crippen LogP contribution in [0.1, 0.15) is 17.3 Å². The third kappa shape index (κ3) is 2.91. The molecule has 0 spiro atoms. The minimum absolute atomic E-state index is 0.426. The summed E-state index contributed by atoms with van der Waals surface area (Å²) in [5.41, 5.74) is 3.52. The third-order valence-corrected chi connectivity index (χ3v) is 4.00. The fraction of sp³-hybridized carbons (Fsp3) is 0.176. The molecule has 2 aromatic heterocycles. The van der Waals surface area contributed by atoms with Gasteiger partial charge >= 0.3 is 0 Å². The Morgan fingerprint density at radius 3 is 2.70 bits per heavy atom. The van der Waals surface area contributed by atoms with Gasteiger partial charge in [-0.2, -0.15) is 5.26 Å². The lowest BCUT2D eigenvalue weighted by molar-refractivity contribution is 0.834. The van der Waals surface area contributed by atoms with Gasteiger partial charge in [0.05, 0.1) is 11.6 Å². The number of anilines is 1. The molecular formula is C17H15N5S. The normalized spacial score (nSPS) is 11.9. The van der Waals surface area contributed by atoms with Crippen LogP contribution in [0.5, 0.6) is 0 Å². The van der Waals surface area contributed by atoms with Crippen LogP contribution in [0.15, 0.2) is 42.6 Å². The molecule has 0 radical (unpaired) electrons. The maximum Gasteiger partial charge on any atom is 0.177 e. The summed E-state index contributed by atoms with van der Waals surface area (Å²) >= 11 is 5.43. The van der Waals surface area contributed by atoms with Crippen LogP contribution in [0.4, 0.5) is 5.69 Å². The van der Waals surface area contributed by atoms with Gasteiger partial charge in [-0.05, 0) is 31.2 Å². The smallest absolute Gasteiger partial charge is 0.177 e. The van der Waals surface area contributed by atoms with Gasteiger partial charge in [0.15, 0.2) is 11.6 Å². The van der Waals surface area contributed by atoms with Gasteiger partial charge in [0.25, 0.3) is 0 Å². The predicted octanol–water partition coefficient (Wildman–Crippen LogP) is 3.32. The maximum atomic E-state index is 9.57. The molecule has 114 valence electrons. The number of pyridine rings is 1. The molecule has 1 N–H and O–H groups in total. The van der Waals surface area contributed by atoms with Gasteiger partial charge in [0, 0.05) is 18.9 Å². The first-order valence-corrected chi connectivity index (χ1v) is 7.55. The molecule has 3 aromatic rings. The Labute approximate surface area is 139 Å². The number of hydrogen-bond acceptors (Lipinski definition) is 4. The molecule has 3 rings (SSSR count). The molecular weight excluding hydrogens is 306 g/mol. The van der Waals surface area contributed by atoms with E-state index < -0.39 is 5.92 Å². The zero-order valence-electron chi connectivity index (χ0n) is 12.8. The van der Waals surface area contributed by atoms with Crippen molar-refractivity contribution in [3.05, 3.63) is 54.0 Å². The fourth-order valence-electron chi connectivity index (χ4n) is 2.39. The maximum absolute atomic E-state index is 9.57. The SMILES string of the molecule is Cc1ccc(NC(=S)C(C#N)c2nc3ncccc3n2C)cc1. The van der Waals surface area contributed by atoms with E-state index >= 15 is 0 Å². The molecule has 0 aliphatic rings. The molecule has 1 atom stereocenters. The van der Waals surface area contributed by atoms with Crippen molar-refractivity contribution in [2.45, 2.75) is 12.8 Å². The molecule has 0 saturated carbocycles. The largest absolute Gasteiger partial charge is 0.349 e. The van der Waals surface area contributed by atoms with E-state index in [0.717, 1.165) is 11.2 Å². The van der Waals surface area contributed by atoms with Crippen LogP contribution >= 0.6 is 12.2 Å². The van der Waals surface area contributed by atoms with Crippen LogP contribution in [-0.2, 0) is 7.05 Å². The van der Waals surface area contributed by atoms with E-state index in [0.29, 0.717) is 16.5 Å². The number of benzene rings is 1. The molecule has 0 saturated heterocycles. The molecule has 5 nitrogen and oxygen atoms in total. The number of aromatic nitrogens is 3. The molecule has 2 heterocycles. The number of fused-ring (bicyclic) bond motifs is 1. The second-order valence-corrected chi connectivity index (χ2v) is 5.73. The highest BCUT2D eigenvalue weighted by Gasteiger charge is 2.23. The predicted molar refractivity (Wildman–Crippen MR) is 94.3 cm³/mol. The van der Waals surface area contributed by atoms with Crippen LogP contribution in [-0.4, -0.2) is 19.5 Å². The molecule has 0 bridgehead atoms. The third-order valence-electron chi connectivity index (χ3n) is 3.66. The number of imidazole rings is 1. The first kappa shape index (κ1) is 15.1. The highest BCUT2D eigenvalue weighted by atomic mass is 32.1. The number of nitrogens with zero attached hydrogens (tertiary/aromatic N) is 4. The summed E-state index contributed by atoms with van der Waals surface area (Å²) < 4.78 is 1.86. The number of thiocarbonyl (C=S) groups is 1. The van der Waals surface area contributed by atoms with Gasteiger partial charge < -0.3 is 9.88 Å². The van der Waals surface area contributed by atoms with Gasteiger partial charge in [-0.1, -0.05) is 29.9 Å². The Morgan fingerprint density at radius 2 is 2.04 bits per heavy atom. The topological polar surface area (TPSA) is 66.5 Å². The van der Waals surface area contributed by atoms with E-state index in [1.165, 1.54) is 5.56 Å². The summed E-state index contributed by atoms with van der Waals surface area (Å²) in [5, 5.41) is 12.7. The number of rotatable bonds is 3. The number of hydrogen-bond donors (Lipinski definition) is 1. The quantitative estimate of drug-likeness (QED) is 0.750. The first-order valence-electron chi connectivity index (χ1n) is 7.14. The van der Waals surface area contributed by atoms with E-state index in [9.17, 15) is 5.26 Å². The first-order chi connectivity index (χ1) is 11.1. The Kier molecular flexibility index (Phi) is 4.04. The lowest BCUT2D eigenvalue weighted by atomic mass is 10.1. The number of aryl methyl sites for hydroxylation is 2. The average Bonchev–Trinajstić information content (AvgIpc) is 2.88. The molecule has 1 aromatic carbocycles. The van der Waals surface area contributed by atoms with Crippen molar-refractivity contribution < 1.29 is 0 Å². The highest BCUT2D eigenvalue weighted by Crippen LogP contribution is 2.22. The fourth-order valence-corrected chi connectivity index (χ4v) is 2.66. The van der Waals surface area contributed by atoms with Gasteiger partial charge in [-0.25, -0.2) is 9.97 Å². The van der Waals surface area contributed by atoms with E-state index in [4.69, 9.17) is 12.2 Å². The lowest BCUT2D eigenvalue weighted by Gasteiger charge is -2.13. The van der Waals surface area contributed by atoms with Crippen LogP contribution in [0, 0.1) is 18.3 Å². The standard InChI is InChI=1S/C17H15N5S/c1-11-5-7-12(8-6-11)20-17(23)13(10-18)16-21-15-14(22(16)2)4-3-9-19-15/h3-9,13H,1-2H3,(H,20,23). The summed E-state index contributed by atoms with van der Waals surface area (Å²) in [6.07, 6.45) is 1.68. The van der Waals surface area contributed by atoms with Gasteiger partial charge in [-0.15, -0.1) is 0 Å². The zero-order valence-corrected chi connectivity index (χ0v) is 13.6. The number of nitrogens with one attached hydrogen (secondary N) is 1. The molecule has 6 heteroatoms. The summed E-state index contributed by atoms with van der Waals surface area (Å²) in [5.74, 6) is -0.0451. The van der Waals surface area contributed by atoms with E-state index in [-0.39, 0.29) is 0 Å². The van der Waals surface area contributed by atoms with Crippen molar-refractivity contribution in [2.75, 3.05) is 5.32 Å². The van der Waals surface area contributed by atoms with Crippen molar-refractivity contribution in [3.63, 3.8) is 0 Å². The van der Waals surface area contributed by atoms with Crippen molar-refractivity contribution in [1.29, 1.82) is 5.26 Å². The molecule has 0 fully saturated rings. The van der Waals surface area contributed by atoms with Crippen LogP contribution in [0.2, 0.25) is 0 Å². The van der Waals surface area contributed by atoms with E-state index in [2.05, 4.69) is 21.4 Å².